The lowest BCUT2D eigenvalue weighted by molar-refractivity contribution is -0.130. The molecule has 1 unspecified atom stereocenters. The maximum atomic E-state index is 11.5. The molecule has 0 aliphatic rings. The third-order valence-corrected chi connectivity index (χ3v) is 3.15. The third kappa shape index (κ3) is 6.38. The summed E-state index contributed by atoms with van der Waals surface area (Å²) in [6, 6.07) is 0. The fourth-order valence-electron chi connectivity index (χ4n) is 0.460. The molecule has 1 N–H and O–H groups in total. The van der Waals surface area contributed by atoms with Crippen LogP contribution in [-0.2, 0) is 4.57 Å². The molecule has 0 saturated heterocycles. The molecule has 0 aromatic heterocycles. The average Bonchev–Trinajstić information content (AvgIpc) is 1.83. The molecule has 2 nitrogen and oxygen atoms in total. The molecule has 1 atom stereocenters. The topological polar surface area (TPSA) is 37.3 Å². The van der Waals surface area contributed by atoms with Crippen LogP contribution >= 0.6 is 7.37 Å². The first-order valence-electron chi connectivity index (χ1n) is 3.14. The molecule has 6 heteroatoms. The quantitative estimate of drug-likeness (QED) is 0.693. The van der Waals surface area contributed by atoms with Crippen LogP contribution in [0, 0.1) is 0 Å². The summed E-state index contributed by atoms with van der Waals surface area (Å²) < 4.78 is 45.2. The van der Waals surface area contributed by atoms with Crippen molar-refractivity contribution in [2.75, 3.05) is 12.3 Å². The van der Waals surface area contributed by atoms with E-state index in [1.165, 1.54) is 6.92 Å². The predicted octanol–water partition coefficient (Wildman–Crippen LogP) is 2.23. The van der Waals surface area contributed by atoms with Gasteiger partial charge in [0.25, 0.3) is 0 Å². The van der Waals surface area contributed by atoms with Gasteiger partial charge in [-0.05, 0) is 0 Å². The third-order valence-electron chi connectivity index (χ3n) is 1.24. The van der Waals surface area contributed by atoms with E-state index >= 15 is 0 Å². The Morgan fingerprint density at radius 3 is 2.18 bits per heavy atom. The number of hydrogen-bond donors (Lipinski definition) is 1. The molecule has 0 fully saturated rings. The lowest BCUT2D eigenvalue weighted by Gasteiger charge is -2.10. The smallest absolute Gasteiger partial charge is 0.344 e. The molecule has 0 spiro atoms. The van der Waals surface area contributed by atoms with Gasteiger partial charge in [0, 0.05) is 12.3 Å². The van der Waals surface area contributed by atoms with Crippen molar-refractivity contribution < 1.29 is 22.6 Å². The molecule has 0 radical (unpaired) electrons. The van der Waals surface area contributed by atoms with Crippen LogP contribution in [0.3, 0.4) is 0 Å². The minimum Gasteiger partial charge on any atom is -0.344 e. The zero-order chi connectivity index (χ0) is 9.12. The van der Waals surface area contributed by atoms with Crippen molar-refractivity contribution in [3.63, 3.8) is 0 Å². The molecule has 0 bridgehead atoms. The SMILES string of the molecule is CCP(=O)(O)CCC(F)(F)F. The van der Waals surface area contributed by atoms with E-state index in [-0.39, 0.29) is 6.16 Å². The average molecular weight is 190 g/mol. The molecule has 11 heavy (non-hydrogen) atoms. The van der Waals surface area contributed by atoms with Crippen LogP contribution in [-0.4, -0.2) is 23.4 Å². The van der Waals surface area contributed by atoms with Gasteiger partial charge in [0.1, 0.15) is 0 Å². The maximum absolute atomic E-state index is 11.5. The normalized spacial score (nSPS) is 17.9. The van der Waals surface area contributed by atoms with Crippen LogP contribution in [0.25, 0.3) is 0 Å². The Balaban J connectivity index is 3.80. The summed E-state index contributed by atoms with van der Waals surface area (Å²) in [6.45, 7) is 1.40. The molecule has 0 aromatic carbocycles. The van der Waals surface area contributed by atoms with Crippen molar-refractivity contribution in [2.45, 2.75) is 19.5 Å². The highest BCUT2D eigenvalue weighted by atomic mass is 31.2. The second kappa shape index (κ2) is 3.59. The van der Waals surface area contributed by atoms with Crippen molar-refractivity contribution in [3.8, 4) is 0 Å². The van der Waals surface area contributed by atoms with Gasteiger partial charge >= 0.3 is 6.18 Å². The van der Waals surface area contributed by atoms with Gasteiger partial charge in [-0.3, -0.25) is 4.57 Å². The molecule has 0 aliphatic carbocycles. The first-order valence-corrected chi connectivity index (χ1v) is 5.17. The van der Waals surface area contributed by atoms with Gasteiger partial charge in [0.05, 0.1) is 6.42 Å². The summed E-state index contributed by atoms with van der Waals surface area (Å²) in [5.41, 5.74) is 0. The highest BCUT2D eigenvalue weighted by Crippen LogP contribution is 2.42. The number of halogens is 3. The minimum atomic E-state index is -4.33. The molecule has 0 heterocycles. The minimum absolute atomic E-state index is 0.0942. The fraction of sp³-hybridized carbons (Fsp3) is 1.00. The molecule has 0 rings (SSSR count). The number of alkyl halides is 3. The summed E-state index contributed by atoms with van der Waals surface area (Å²) in [4.78, 5) is 8.74. The van der Waals surface area contributed by atoms with Gasteiger partial charge in [-0.25, -0.2) is 0 Å². The van der Waals surface area contributed by atoms with E-state index < -0.39 is 26.1 Å². The lowest BCUT2D eigenvalue weighted by Crippen LogP contribution is -2.10. The molecule has 0 aromatic rings. The fourth-order valence-corrected chi connectivity index (χ4v) is 1.38. The Kier molecular flexibility index (Phi) is 3.58. The van der Waals surface area contributed by atoms with E-state index in [0.29, 0.717) is 0 Å². The Bertz CT molecular complexity index is 166. The van der Waals surface area contributed by atoms with Gasteiger partial charge < -0.3 is 4.89 Å². The Morgan fingerprint density at radius 1 is 1.45 bits per heavy atom. The van der Waals surface area contributed by atoms with E-state index in [0.717, 1.165) is 0 Å². The molecule has 0 aliphatic heterocycles. The van der Waals surface area contributed by atoms with Gasteiger partial charge in [0.2, 0.25) is 7.37 Å². The van der Waals surface area contributed by atoms with Crippen LogP contribution in [0.2, 0.25) is 0 Å². The maximum Gasteiger partial charge on any atom is 0.389 e. The predicted molar refractivity (Wildman–Crippen MR) is 35.9 cm³/mol. The second-order valence-corrected chi connectivity index (χ2v) is 5.02. The Hall–Kier alpha value is -0.0200. The summed E-state index contributed by atoms with van der Waals surface area (Å²) in [7, 11) is -3.49. The molecule has 68 valence electrons. The molecule has 0 amide bonds. The highest BCUT2D eigenvalue weighted by molar-refractivity contribution is 7.57. The molecular formula is C5H10F3O2P. The second-order valence-electron chi connectivity index (χ2n) is 2.25. The van der Waals surface area contributed by atoms with Crippen molar-refractivity contribution in [1.29, 1.82) is 0 Å². The largest absolute Gasteiger partial charge is 0.389 e. The summed E-state index contributed by atoms with van der Waals surface area (Å²) >= 11 is 0. The van der Waals surface area contributed by atoms with Gasteiger partial charge in [0.15, 0.2) is 0 Å². The van der Waals surface area contributed by atoms with Crippen LogP contribution in [0.1, 0.15) is 13.3 Å². The molecular weight excluding hydrogens is 180 g/mol. The van der Waals surface area contributed by atoms with Crippen molar-refractivity contribution in [2.24, 2.45) is 0 Å². The van der Waals surface area contributed by atoms with Crippen molar-refractivity contribution in [3.05, 3.63) is 0 Å². The van der Waals surface area contributed by atoms with E-state index in [2.05, 4.69) is 0 Å². The van der Waals surface area contributed by atoms with E-state index in [1.807, 2.05) is 0 Å². The summed E-state index contributed by atoms with van der Waals surface area (Å²) in [5, 5.41) is 0. The summed E-state index contributed by atoms with van der Waals surface area (Å²) in [6.07, 6.45) is -6.25. The highest BCUT2D eigenvalue weighted by Gasteiger charge is 2.30. The Morgan fingerprint density at radius 2 is 1.91 bits per heavy atom. The van der Waals surface area contributed by atoms with Crippen molar-refractivity contribution in [1.82, 2.24) is 0 Å². The molecule has 0 saturated carbocycles. The zero-order valence-corrected chi connectivity index (χ0v) is 6.95. The summed E-state index contributed by atoms with van der Waals surface area (Å²) in [5.74, 6) is 0. The van der Waals surface area contributed by atoms with Crippen LogP contribution in [0.5, 0.6) is 0 Å². The van der Waals surface area contributed by atoms with Gasteiger partial charge in [-0.2, -0.15) is 13.2 Å². The first kappa shape index (κ1) is 11.0. The first-order chi connectivity index (χ1) is 4.77. The lowest BCUT2D eigenvalue weighted by atomic mass is 10.5. The number of rotatable bonds is 3. The zero-order valence-electron chi connectivity index (χ0n) is 6.06. The van der Waals surface area contributed by atoms with Crippen LogP contribution in [0.15, 0.2) is 0 Å². The van der Waals surface area contributed by atoms with E-state index in [9.17, 15) is 17.7 Å². The van der Waals surface area contributed by atoms with Crippen LogP contribution in [0.4, 0.5) is 13.2 Å². The standard InChI is InChI=1S/C5H10F3O2P/c1-2-11(9,10)4-3-5(6,7)8/h2-4H2,1H3,(H,9,10). The van der Waals surface area contributed by atoms with Gasteiger partial charge in [-0.1, -0.05) is 6.92 Å². The van der Waals surface area contributed by atoms with Gasteiger partial charge in [-0.15, -0.1) is 0 Å². The van der Waals surface area contributed by atoms with Crippen LogP contribution < -0.4 is 0 Å². The van der Waals surface area contributed by atoms with E-state index in [1.54, 1.807) is 0 Å². The monoisotopic (exact) mass is 190 g/mol. The van der Waals surface area contributed by atoms with E-state index in [4.69, 9.17) is 4.89 Å². The number of hydrogen-bond acceptors (Lipinski definition) is 1. The van der Waals surface area contributed by atoms with Crippen molar-refractivity contribution >= 4 is 7.37 Å². The Labute approximate surface area is 62.9 Å².